The van der Waals surface area contributed by atoms with E-state index in [0.717, 1.165) is 0 Å². The standard InChI is InChI=1S/C9H11F3N2/c1-2-7(9(10,11)12)14-8-5-3-4-6-13-8/h3-7H,2H2,1H3,(H,13,14). The van der Waals surface area contributed by atoms with Crippen LogP contribution in [0.2, 0.25) is 0 Å². The summed E-state index contributed by atoms with van der Waals surface area (Å²) in [6.45, 7) is 1.48. The van der Waals surface area contributed by atoms with Crippen molar-refractivity contribution in [3.63, 3.8) is 0 Å². The minimum atomic E-state index is -4.23. The maximum absolute atomic E-state index is 12.3. The Morgan fingerprint density at radius 3 is 2.57 bits per heavy atom. The summed E-state index contributed by atoms with van der Waals surface area (Å²) in [5.74, 6) is 0.247. The van der Waals surface area contributed by atoms with Crippen LogP contribution in [0, 0.1) is 0 Å². The molecule has 0 spiro atoms. The highest BCUT2D eigenvalue weighted by Crippen LogP contribution is 2.24. The topological polar surface area (TPSA) is 24.9 Å². The molecule has 5 heteroatoms. The lowest BCUT2D eigenvalue weighted by Gasteiger charge is -2.20. The predicted molar refractivity (Wildman–Crippen MR) is 48.0 cm³/mol. The smallest absolute Gasteiger partial charge is 0.359 e. The molecule has 0 fully saturated rings. The number of hydrogen-bond donors (Lipinski definition) is 1. The first-order chi connectivity index (χ1) is 6.54. The molecule has 0 bridgehead atoms. The van der Waals surface area contributed by atoms with Crippen LogP contribution in [0.1, 0.15) is 13.3 Å². The third-order valence-electron chi connectivity index (χ3n) is 1.79. The summed E-state index contributed by atoms with van der Waals surface area (Å²) >= 11 is 0. The van der Waals surface area contributed by atoms with Gasteiger partial charge in [-0.2, -0.15) is 13.2 Å². The van der Waals surface area contributed by atoms with Gasteiger partial charge in [-0.15, -0.1) is 0 Å². The van der Waals surface area contributed by atoms with Crippen molar-refractivity contribution in [2.75, 3.05) is 5.32 Å². The maximum Gasteiger partial charge on any atom is 0.408 e. The van der Waals surface area contributed by atoms with Crippen molar-refractivity contribution in [2.24, 2.45) is 0 Å². The van der Waals surface area contributed by atoms with Gasteiger partial charge in [0, 0.05) is 6.20 Å². The van der Waals surface area contributed by atoms with Crippen LogP contribution < -0.4 is 5.32 Å². The Balaban J connectivity index is 2.67. The second-order valence-corrected chi connectivity index (χ2v) is 2.86. The van der Waals surface area contributed by atoms with Crippen LogP contribution in [-0.2, 0) is 0 Å². The van der Waals surface area contributed by atoms with E-state index in [-0.39, 0.29) is 12.2 Å². The van der Waals surface area contributed by atoms with Gasteiger partial charge < -0.3 is 5.32 Å². The van der Waals surface area contributed by atoms with Gasteiger partial charge in [0.15, 0.2) is 0 Å². The molecule has 1 rings (SSSR count). The molecule has 0 amide bonds. The van der Waals surface area contributed by atoms with Crippen molar-refractivity contribution >= 4 is 5.82 Å². The minimum Gasteiger partial charge on any atom is -0.359 e. The highest BCUT2D eigenvalue weighted by Gasteiger charge is 2.38. The van der Waals surface area contributed by atoms with Crippen LogP contribution in [0.4, 0.5) is 19.0 Å². The van der Waals surface area contributed by atoms with Crippen LogP contribution in [0.25, 0.3) is 0 Å². The number of anilines is 1. The van der Waals surface area contributed by atoms with Gasteiger partial charge in [-0.05, 0) is 18.6 Å². The van der Waals surface area contributed by atoms with Crippen LogP contribution in [0.15, 0.2) is 24.4 Å². The largest absolute Gasteiger partial charge is 0.408 e. The maximum atomic E-state index is 12.3. The predicted octanol–water partition coefficient (Wildman–Crippen LogP) is 2.83. The van der Waals surface area contributed by atoms with Gasteiger partial charge in [-0.3, -0.25) is 0 Å². The highest BCUT2D eigenvalue weighted by atomic mass is 19.4. The van der Waals surface area contributed by atoms with E-state index in [4.69, 9.17) is 0 Å². The van der Waals surface area contributed by atoms with E-state index in [1.165, 1.54) is 19.2 Å². The Kier molecular flexibility index (Phi) is 3.33. The third-order valence-corrected chi connectivity index (χ3v) is 1.79. The molecule has 0 radical (unpaired) electrons. The quantitative estimate of drug-likeness (QED) is 0.818. The van der Waals surface area contributed by atoms with E-state index in [1.807, 2.05) is 0 Å². The zero-order chi connectivity index (χ0) is 10.6. The van der Waals surface area contributed by atoms with E-state index >= 15 is 0 Å². The van der Waals surface area contributed by atoms with E-state index in [1.54, 1.807) is 12.1 Å². The van der Waals surface area contributed by atoms with Crippen LogP contribution in [0.5, 0.6) is 0 Å². The number of nitrogens with one attached hydrogen (secondary N) is 1. The zero-order valence-corrected chi connectivity index (χ0v) is 7.67. The van der Waals surface area contributed by atoms with Crippen LogP contribution >= 0.6 is 0 Å². The first-order valence-electron chi connectivity index (χ1n) is 4.28. The average Bonchev–Trinajstić information content (AvgIpc) is 2.14. The van der Waals surface area contributed by atoms with E-state index in [9.17, 15) is 13.2 Å². The van der Waals surface area contributed by atoms with Gasteiger partial charge in [0.25, 0.3) is 0 Å². The molecule has 2 nitrogen and oxygen atoms in total. The van der Waals surface area contributed by atoms with Crippen molar-refractivity contribution in [3.8, 4) is 0 Å². The van der Waals surface area contributed by atoms with E-state index in [2.05, 4.69) is 10.3 Å². The number of hydrogen-bond acceptors (Lipinski definition) is 2. The monoisotopic (exact) mass is 204 g/mol. The molecule has 0 aromatic carbocycles. The third kappa shape index (κ3) is 2.90. The molecule has 0 aliphatic rings. The fourth-order valence-electron chi connectivity index (χ4n) is 1.04. The molecular formula is C9H11F3N2. The number of nitrogens with zero attached hydrogens (tertiary/aromatic N) is 1. The van der Waals surface area contributed by atoms with Gasteiger partial charge in [0.1, 0.15) is 11.9 Å². The Labute approximate surface area is 80.2 Å². The number of alkyl halides is 3. The van der Waals surface area contributed by atoms with Crippen molar-refractivity contribution in [2.45, 2.75) is 25.6 Å². The summed E-state index contributed by atoms with van der Waals surface area (Å²) in [4.78, 5) is 3.77. The minimum absolute atomic E-state index is 0.0138. The Bertz CT molecular complexity index is 271. The van der Waals surface area contributed by atoms with Gasteiger partial charge in [-0.1, -0.05) is 13.0 Å². The summed E-state index contributed by atoms with van der Waals surface area (Å²) in [5.41, 5.74) is 0. The SMILES string of the molecule is CCC(Nc1ccccn1)C(F)(F)F. The van der Waals surface area contributed by atoms with Crippen LogP contribution in [0.3, 0.4) is 0 Å². The van der Waals surface area contributed by atoms with E-state index < -0.39 is 12.2 Å². The van der Waals surface area contributed by atoms with Gasteiger partial charge in [-0.25, -0.2) is 4.98 Å². The molecule has 78 valence electrons. The summed E-state index contributed by atoms with van der Waals surface area (Å²) in [6, 6.07) is 3.27. The number of aromatic nitrogens is 1. The molecule has 0 saturated carbocycles. The normalized spacial score (nSPS) is 13.7. The molecule has 1 aromatic heterocycles. The summed E-state index contributed by atoms with van der Waals surface area (Å²) in [7, 11) is 0. The molecule has 1 N–H and O–H groups in total. The summed E-state index contributed by atoms with van der Waals surface area (Å²) in [6.07, 6.45) is -2.79. The lowest BCUT2D eigenvalue weighted by molar-refractivity contribution is -0.142. The van der Waals surface area contributed by atoms with Gasteiger partial charge >= 0.3 is 6.18 Å². The lowest BCUT2D eigenvalue weighted by Crippen LogP contribution is -2.35. The van der Waals surface area contributed by atoms with Crippen molar-refractivity contribution < 1.29 is 13.2 Å². The molecule has 1 atom stereocenters. The first kappa shape index (κ1) is 10.8. The van der Waals surface area contributed by atoms with E-state index in [0.29, 0.717) is 0 Å². The first-order valence-corrected chi connectivity index (χ1v) is 4.28. The Hall–Kier alpha value is -1.26. The van der Waals surface area contributed by atoms with Crippen LogP contribution in [-0.4, -0.2) is 17.2 Å². The molecule has 1 heterocycles. The Morgan fingerprint density at radius 1 is 1.43 bits per heavy atom. The van der Waals surface area contributed by atoms with Gasteiger partial charge in [0.05, 0.1) is 0 Å². The molecular weight excluding hydrogens is 193 g/mol. The highest BCUT2D eigenvalue weighted by molar-refractivity contribution is 5.34. The molecule has 14 heavy (non-hydrogen) atoms. The average molecular weight is 204 g/mol. The molecule has 0 aliphatic carbocycles. The fourth-order valence-corrected chi connectivity index (χ4v) is 1.04. The van der Waals surface area contributed by atoms with Crippen molar-refractivity contribution in [1.82, 2.24) is 4.98 Å². The number of pyridine rings is 1. The number of rotatable bonds is 3. The van der Waals surface area contributed by atoms with Gasteiger partial charge in [0.2, 0.25) is 0 Å². The second-order valence-electron chi connectivity index (χ2n) is 2.86. The Morgan fingerprint density at radius 2 is 2.14 bits per heavy atom. The fraction of sp³-hybridized carbons (Fsp3) is 0.444. The number of halogens is 3. The summed E-state index contributed by atoms with van der Waals surface area (Å²) in [5, 5.41) is 2.33. The molecule has 0 aliphatic heterocycles. The lowest BCUT2D eigenvalue weighted by atomic mass is 10.2. The molecule has 0 saturated heterocycles. The zero-order valence-electron chi connectivity index (χ0n) is 7.67. The second kappa shape index (κ2) is 4.30. The van der Waals surface area contributed by atoms with Crippen molar-refractivity contribution in [3.05, 3.63) is 24.4 Å². The summed E-state index contributed by atoms with van der Waals surface area (Å²) < 4.78 is 36.9. The molecule has 1 aromatic rings. The van der Waals surface area contributed by atoms with Crippen molar-refractivity contribution in [1.29, 1.82) is 0 Å². The molecule has 1 unspecified atom stereocenters.